The van der Waals surface area contributed by atoms with Crippen LogP contribution in [-0.4, -0.2) is 23.2 Å². The van der Waals surface area contributed by atoms with Gasteiger partial charge in [-0.1, -0.05) is 6.07 Å². The molecule has 0 amide bonds. The van der Waals surface area contributed by atoms with E-state index in [2.05, 4.69) is 38.6 Å². The second-order valence-electron chi connectivity index (χ2n) is 6.48. The predicted octanol–water partition coefficient (Wildman–Crippen LogP) is 5.34. The number of methoxy groups -OCH3 is 1. The van der Waals surface area contributed by atoms with Crippen LogP contribution < -0.4 is 9.47 Å². The van der Waals surface area contributed by atoms with Gasteiger partial charge in [-0.15, -0.1) is 0 Å². The Bertz CT molecular complexity index is 1060. The Morgan fingerprint density at radius 3 is 2.74 bits per heavy atom. The first-order valence-corrected chi connectivity index (χ1v) is 9.62. The number of allylic oxidation sites excluding steroid dienone is 1. The third-order valence-corrected chi connectivity index (χ3v) is 4.73. The van der Waals surface area contributed by atoms with E-state index < -0.39 is 0 Å². The zero-order valence-electron chi connectivity index (χ0n) is 15.6. The number of hydrogen-bond donors (Lipinski definition) is 1. The molecule has 0 spiro atoms. The minimum Gasteiger partial charge on any atom is -0.493 e. The van der Waals surface area contributed by atoms with Crippen molar-refractivity contribution < 1.29 is 9.47 Å². The van der Waals surface area contributed by atoms with Crippen molar-refractivity contribution in [2.75, 3.05) is 7.11 Å². The number of ether oxygens (including phenoxy) is 2. The van der Waals surface area contributed by atoms with E-state index in [1.54, 1.807) is 13.2 Å². The summed E-state index contributed by atoms with van der Waals surface area (Å²) >= 11 is 2.22. The van der Waals surface area contributed by atoms with E-state index in [9.17, 15) is 5.26 Å². The van der Waals surface area contributed by atoms with Crippen molar-refractivity contribution in [3.05, 3.63) is 50.9 Å². The molecule has 0 bridgehead atoms. The largest absolute Gasteiger partial charge is 0.493 e. The minimum atomic E-state index is 0.0440. The van der Waals surface area contributed by atoms with Crippen LogP contribution in [0.15, 0.2) is 30.3 Å². The third-order valence-electron chi connectivity index (χ3n) is 3.93. The topological polar surface area (TPSA) is 70.9 Å². The summed E-state index contributed by atoms with van der Waals surface area (Å²) in [5.41, 5.74) is 4.20. The molecule has 3 rings (SSSR count). The molecule has 0 unspecified atom stereocenters. The first-order valence-electron chi connectivity index (χ1n) is 8.54. The van der Waals surface area contributed by atoms with Gasteiger partial charge in [0, 0.05) is 0 Å². The van der Waals surface area contributed by atoms with Crippen molar-refractivity contribution in [3.63, 3.8) is 0 Å². The Morgan fingerprint density at radius 2 is 2.07 bits per heavy atom. The Hall–Kier alpha value is -2.53. The van der Waals surface area contributed by atoms with Crippen LogP contribution in [0.5, 0.6) is 11.5 Å². The number of imidazole rings is 1. The lowest BCUT2D eigenvalue weighted by molar-refractivity contribution is 0.228. The molecule has 27 heavy (non-hydrogen) atoms. The predicted molar refractivity (Wildman–Crippen MR) is 116 cm³/mol. The van der Waals surface area contributed by atoms with Crippen LogP contribution in [0.3, 0.4) is 0 Å². The van der Waals surface area contributed by atoms with E-state index in [1.807, 2.05) is 51.1 Å². The van der Waals surface area contributed by atoms with Gasteiger partial charge < -0.3 is 14.5 Å². The maximum Gasteiger partial charge on any atom is 0.174 e. The monoisotopic (exact) mass is 473 g/mol. The summed E-state index contributed by atoms with van der Waals surface area (Å²) in [5, 5.41) is 9.65. The zero-order valence-corrected chi connectivity index (χ0v) is 17.8. The number of hydrogen-bond acceptors (Lipinski definition) is 4. The lowest BCUT2D eigenvalue weighted by Gasteiger charge is -2.16. The van der Waals surface area contributed by atoms with E-state index in [4.69, 9.17) is 9.47 Å². The van der Waals surface area contributed by atoms with E-state index >= 15 is 0 Å². The number of nitriles is 1. The number of aryl methyl sites for hydroxylation is 1. The lowest BCUT2D eigenvalue weighted by atomic mass is 10.1. The van der Waals surface area contributed by atoms with Crippen molar-refractivity contribution in [2.24, 2.45) is 0 Å². The van der Waals surface area contributed by atoms with E-state index in [1.165, 1.54) is 0 Å². The average molecular weight is 473 g/mol. The molecule has 6 heteroatoms. The van der Waals surface area contributed by atoms with Crippen molar-refractivity contribution in [2.45, 2.75) is 26.9 Å². The molecule has 0 fully saturated rings. The van der Waals surface area contributed by atoms with Crippen LogP contribution in [-0.2, 0) is 0 Å². The Morgan fingerprint density at radius 1 is 1.30 bits per heavy atom. The fourth-order valence-electron chi connectivity index (χ4n) is 2.74. The van der Waals surface area contributed by atoms with E-state index in [0.29, 0.717) is 22.9 Å². The first-order chi connectivity index (χ1) is 12.9. The van der Waals surface area contributed by atoms with Crippen molar-refractivity contribution in [1.82, 2.24) is 9.97 Å². The number of aromatic nitrogens is 2. The molecule has 1 aromatic heterocycles. The van der Waals surface area contributed by atoms with Gasteiger partial charge in [-0.25, -0.2) is 4.98 Å². The molecule has 5 nitrogen and oxygen atoms in total. The minimum absolute atomic E-state index is 0.0440. The van der Waals surface area contributed by atoms with Crippen molar-refractivity contribution >= 4 is 45.3 Å². The van der Waals surface area contributed by atoms with Crippen LogP contribution in [0.25, 0.3) is 22.7 Å². The smallest absolute Gasteiger partial charge is 0.174 e. The van der Waals surface area contributed by atoms with Gasteiger partial charge in [-0.3, -0.25) is 0 Å². The first kappa shape index (κ1) is 19.2. The molecule has 0 aliphatic carbocycles. The second kappa shape index (κ2) is 8.01. The summed E-state index contributed by atoms with van der Waals surface area (Å²) < 4.78 is 12.3. The standard InChI is InChI=1S/C21H20IN3O2/c1-12(2)27-20-16(22)9-14(10-19(20)26-4)8-15(11-23)21-24-17-6-5-13(3)7-18(17)25-21/h5-10,12H,1-4H3,(H,24,25)/b15-8-. The maximum atomic E-state index is 9.65. The zero-order chi connectivity index (χ0) is 19.6. The fourth-order valence-corrected chi connectivity index (χ4v) is 3.50. The summed E-state index contributed by atoms with van der Waals surface area (Å²) in [6, 6.07) is 12.0. The normalized spacial score (nSPS) is 11.7. The summed E-state index contributed by atoms with van der Waals surface area (Å²) in [6.45, 7) is 5.97. The van der Waals surface area contributed by atoms with E-state index in [-0.39, 0.29) is 6.10 Å². The number of H-pyrrole nitrogens is 1. The number of nitrogens with one attached hydrogen (secondary N) is 1. The molecule has 2 aromatic carbocycles. The number of nitrogens with zero attached hydrogens (tertiary/aromatic N) is 2. The third kappa shape index (κ3) is 4.25. The molecule has 138 valence electrons. The van der Waals surface area contributed by atoms with Crippen molar-refractivity contribution in [1.29, 1.82) is 5.26 Å². The summed E-state index contributed by atoms with van der Waals surface area (Å²) in [5.74, 6) is 1.90. The van der Waals surface area contributed by atoms with Gasteiger partial charge in [0.15, 0.2) is 11.5 Å². The maximum absolute atomic E-state index is 9.65. The molecular formula is C21H20IN3O2. The highest BCUT2D eigenvalue weighted by Crippen LogP contribution is 2.35. The highest BCUT2D eigenvalue weighted by atomic mass is 127. The summed E-state index contributed by atoms with van der Waals surface area (Å²) in [6.07, 6.45) is 1.84. The molecule has 0 aliphatic rings. The molecule has 0 radical (unpaired) electrons. The van der Waals surface area contributed by atoms with Gasteiger partial charge in [0.05, 0.1) is 33.4 Å². The average Bonchev–Trinajstić information content (AvgIpc) is 3.04. The van der Waals surface area contributed by atoms with Crippen molar-refractivity contribution in [3.8, 4) is 17.6 Å². The molecule has 0 atom stereocenters. The molecule has 1 heterocycles. The number of aromatic amines is 1. The quantitative estimate of drug-likeness (QED) is 0.402. The Balaban J connectivity index is 2.04. The van der Waals surface area contributed by atoms with Crippen LogP contribution in [0.4, 0.5) is 0 Å². The number of halogens is 1. The molecular weight excluding hydrogens is 453 g/mol. The molecule has 3 aromatic rings. The summed E-state index contributed by atoms with van der Waals surface area (Å²) in [7, 11) is 1.61. The van der Waals surface area contributed by atoms with Gasteiger partial charge in [-0.05, 0) is 84.8 Å². The van der Waals surface area contributed by atoms with Gasteiger partial charge in [-0.2, -0.15) is 5.26 Å². The van der Waals surface area contributed by atoms with Gasteiger partial charge in [0.25, 0.3) is 0 Å². The number of benzene rings is 2. The molecule has 1 N–H and O–H groups in total. The summed E-state index contributed by atoms with van der Waals surface area (Å²) in [4.78, 5) is 7.77. The SMILES string of the molecule is COc1cc(/C=C(/C#N)c2nc3ccc(C)cc3[nH]2)cc(I)c1OC(C)C. The highest BCUT2D eigenvalue weighted by Gasteiger charge is 2.14. The van der Waals surface area contributed by atoms with Crippen LogP contribution in [0.1, 0.15) is 30.8 Å². The Labute approximate surface area is 172 Å². The lowest BCUT2D eigenvalue weighted by Crippen LogP contribution is -2.08. The van der Waals surface area contributed by atoms with Crippen LogP contribution in [0.2, 0.25) is 0 Å². The van der Waals surface area contributed by atoms with Gasteiger partial charge in [0.2, 0.25) is 0 Å². The second-order valence-corrected chi connectivity index (χ2v) is 7.64. The van der Waals surface area contributed by atoms with Crippen LogP contribution in [0, 0.1) is 21.8 Å². The van der Waals surface area contributed by atoms with E-state index in [0.717, 1.165) is 25.7 Å². The molecule has 0 saturated carbocycles. The highest BCUT2D eigenvalue weighted by molar-refractivity contribution is 14.1. The Kier molecular flexibility index (Phi) is 5.71. The number of rotatable bonds is 5. The van der Waals surface area contributed by atoms with Gasteiger partial charge >= 0.3 is 0 Å². The fraction of sp³-hybridized carbons (Fsp3) is 0.238. The van der Waals surface area contributed by atoms with Gasteiger partial charge in [0.1, 0.15) is 11.9 Å². The number of fused-ring (bicyclic) bond motifs is 1. The molecule has 0 saturated heterocycles. The molecule has 0 aliphatic heterocycles. The van der Waals surface area contributed by atoms with Crippen LogP contribution >= 0.6 is 22.6 Å².